The van der Waals surface area contributed by atoms with E-state index in [1.165, 1.54) is 70.1 Å². The number of amides is 2. The molecule has 0 saturated carbocycles. The molecule has 2 aromatic rings. The van der Waals surface area contributed by atoms with E-state index in [9.17, 15) is 34.6 Å². The van der Waals surface area contributed by atoms with Crippen LogP contribution in [0, 0.1) is 26.1 Å². The highest BCUT2D eigenvalue weighted by Crippen LogP contribution is 2.49. The van der Waals surface area contributed by atoms with Crippen LogP contribution in [0.3, 0.4) is 0 Å². The van der Waals surface area contributed by atoms with Crippen LogP contribution in [0.2, 0.25) is 18.1 Å². The Labute approximate surface area is 289 Å². The molecule has 4 atom stereocenters. The molecule has 0 radical (unpaired) electrons. The van der Waals surface area contributed by atoms with Crippen molar-refractivity contribution >= 4 is 49.4 Å². The van der Waals surface area contributed by atoms with Gasteiger partial charge in [0.05, 0.1) is 39.8 Å². The van der Waals surface area contributed by atoms with Gasteiger partial charge in [0.25, 0.3) is 11.4 Å². The van der Waals surface area contributed by atoms with E-state index < -0.39 is 48.3 Å². The Balaban J connectivity index is 1.37. The number of non-ortho nitro benzene ring substituents is 2. The highest BCUT2D eigenvalue weighted by molar-refractivity contribution is 7.99. The van der Waals surface area contributed by atoms with E-state index in [0.29, 0.717) is 34.8 Å². The number of thioether (sulfide) groups is 1. The first kappa shape index (κ1) is 36.0. The van der Waals surface area contributed by atoms with Crippen LogP contribution in [0.5, 0.6) is 0 Å². The molecule has 0 aromatic heterocycles. The average molecular weight is 713 g/mol. The minimum absolute atomic E-state index is 0.0733. The summed E-state index contributed by atoms with van der Waals surface area (Å²) in [5, 5.41) is 22.0. The van der Waals surface area contributed by atoms with E-state index in [1.807, 2.05) is 6.92 Å². The van der Waals surface area contributed by atoms with Gasteiger partial charge in [0, 0.05) is 30.0 Å². The van der Waals surface area contributed by atoms with Crippen LogP contribution >= 0.6 is 11.8 Å². The molecule has 262 valence electrons. The molecule has 3 aliphatic rings. The summed E-state index contributed by atoms with van der Waals surface area (Å²) in [5.41, 5.74) is 1.65. The SMILES string of the molecule is C[C@@H](O[Si](C)(C)C(C)(C)C)[C@H]1C(=O)N2C(C(=O)OCc3ccc([N+](=O)[O-])cc3)=C([C@@H]3CSCN3C(=O)OCc3ccc([N+](=O)[O-])cc3)C[C@H]12. The van der Waals surface area contributed by atoms with Crippen molar-refractivity contribution in [1.29, 1.82) is 0 Å². The van der Waals surface area contributed by atoms with Crippen molar-refractivity contribution < 1.29 is 38.1 Å². The number of carbonyl (C=O) groups is 3. The van der Waals surface area contributed by atoms with Gasteiger partial charge >= 0.3 is 12.1 Å². The van der Waals surface area contributed by atoms with Crippen molar-refractivity contribution in [2.75, 3.05) is 11.6 Å². The lowest BCUT2D eigenvalue weighted by Crippen LogP contribution is -2.63. The molecule has 2 fully saturated rings. The van der Waals surface area contributed by atoms with Gasteiger partial charge < -0.3 is 18.8 Å². The molecule has 0 N–H and O–H groups in total. The van der Waals surface area contributed by atoms with Crippen LogP contribution in [0.15, 0.2) is 59.8 Å². The normalized spacial score (nSPS) is 21.3. The van der Waals surface area contributed by atoms with Crippen LogP contribution in [-0.4, -0.2) is 75.8 Å². The molecule has 0 aliphatic carbocycles. The maximum Gasteiger partial charge on any atom is 0.411 e. The number of nitrogens with zero attached hydrogens (tertiary/aromatic N) is 4. The van der Waals surface area contributed by atoms with Crippen LogP contribution < -0.4 is 0 Å². The van der Waals surface area contributed by atoms with Gasteiger partial charge in [-0.2, -0.15) is 0 Å². The number of carbonyl (C=O) groups excluding carboxylic acids is 3. The maximum atomic E-state index is 13.8. The number of β-lactam (4-membered cyclic amide) rings is 1. The molecule has 0 spiro atoms. The standard InChI is InChI=1S/C33H40N4O10SSi/c1-20(47-49(5,6)33(2,3)4)28-26-15-25(27-18-48-19-34(27)32(40)46-17-22-9-13-24(14-10-22)37(43)44)29(35(26)30(28)38)31(39)45-16-21-7-11-23(12-8-21)36(41)42/h7-14,20,26-28H,15-19H2,1-6H3/t20-,26-,27+,28-/m1/s1. The first-order valence-electron chi connectivity index (χ1n) is 15.9. The smallest absolute Gasteiger partial charge is 0.411 e. The van der Waals surface area contributed by atoms with E-state index in [0.717, 1.165) is 0 Å². The van der Waals surface area contributed by atoms with Gasteiger partial charge in [-0.1, -0.05) is 20.8 Å². The van der Waals surface area contributed by atoms with Crippen LogP contribution in [0.25, 0.3) is 0 Å². The van der Waals surface area contributed by atoms with E-state index in [2.05, 4.69) is 33.9 Å². The Morgan fingerprint density at radius 1 is 0.959 bits per heavy atom. The lowest BCUT2D eigenvalue weighted by atomic mass is 9.82. The monoisotopic (exact) mass is 712 g/mol. The third kappa shape index (κ3) is 7.35. The first-order chi connectivity index (χ1) is 23.0. The molecule has 3 heterocycles. The summed E-state index contributed by atoms with van der Waals surface area (Å²) in [6.07, 6.45) is -0.667. The summed E-state index contributed by atoms with van der Waals surface area (Å²) in [4.78, 5) is 65.0. The number of rotatable bonds is 11. The number of hydrogen-bond donors (Lipinski definition) is 0. The first-order valence-corrected chi connectivity index (χ1v) is 20.0. The summed E-state index contributed by atoms with van der Waals surface area (Å²) in [5.74, 6) is -0.689. The van der Waals surface area contributed by atoms with E-state index >= 15 is 0 Å². The number of ether oxygens (including phenoxy) is 2. The predicted octanol–water partition coefficient (Wildman–Crippen LogP) is 6.15. The Morgan fingerprint density at radius 3 is 2.00 bits per heavy atom. The van der Waals surface area contributed by atoms with E-state index in [1.54, 1.807) is 0 Å². The maximum absolute atomic E-state index is 13.8. The van der Waals surface area contributed by atoms with Gasteiger partial charge in [0.1, 0.15) is 18.9 Å². The van der Waals surface area contributed by atoms with Gasteiger partial charge in [-0.05, 0) is 72.4 Å². The van der Waals surface area contributed by atoms with Crippen molar-refractivity contribution in [1.82, 2.24) is 9.80 Å². The number of hydrogen-bond acceptors (Lipinski definition) is 11. The molecule has 49 heavy (non-hydrogen) atoms. The predicted molar refractivity (Wildman–Crippen MR) is 183 cm³/mol. The number of fused-ring (bicyclic) bond motifs is 1. The summed E-state index contributed by atoms with van der Waals surface area (Å²) in [7, 11) is -2.23. The van der Waals surface area contributed by atoms with Gasteiger partial charge in [0.15, 0.2) is 8.32 Å². The van der Waals surface area contributed by atoms with E-state index in [-0.39, 0.29) is 47.3 Å². The average Bonchev–Trinajstić information content (AvgIpc) is 3.65. The fraction of sp³-hybridized carbons (Fsp3) is 0.485. The number of nitro benzene ring substituents is 2. The number of esters is 1. The Morgan fingerprint density at radius 2 is 1.49 bits per heavy atom. The third-order valence-corrected chi connectivity index (χ3v) is 15.4. The molecular formula is C33H40N4O10SSi. The van der Waals surface area contributed by atoms with Gasteiger partial charge in [0.2, 0.25) is 5.91 Å². The second-order valence-corrected chi connectivity index (χ2v) is 19.7. The lowest BCUT2D eigenvalue weighted by molar-refractivity contribution is -0.385. The molecule has 3 aliphatic heterocycles. The lowest BCUT2D eigenvalue weighted by Gasteiger charge is -2.49. The van der Waals surface area contributed by atoms with Crippen molar-refractivity contribution in [2.24, 2.45) is 5.92 Å². The summed E-state index contributed by atoms with van der Waals surface area (Å²) in [6, 6.07) is 10.4. The molecule has 2 saturated heterocycles. The number of nitro groups is 2. The highest BCUT2D eigenvalue weighted by Gasteiger charge is 2.59. The molecule has 14 nitrogen and oxygen atoms in total. The second-order valence-electron chi connectivity index (χ2n) is 13.9. The summed E-state index contributed by atoms with van der Waals surface area (Å²) in [6.45, 7) is 12.3. The summed E-state index contributed by atoms with van der Waals surface area (Å²) >= 11 is 1.49. The Hall–Kier alpha value is -4.28. The largest absolute Gasteiger partial charge is 0.456 e. The van der Waals surface area contributed by atoms with Crippen molar-refractivity contribution in [3.05, 3.63) is 91.2 Å². The molecule has 0 bridgehead atoms. The quantitative estimate of drug-likeness (QED) is 0.0860. The molecular weight excluding hydrogens is 673 g/mol. The highest BCUT2D eigenvalue weighted by atomic mass is 32.2. The zero-order valence-electron chi connectivity index (χ0n) is 28.2. The minimum Gasteiger partial charge on any atom is -0.456 e. The fourth-order valence-corrected chi connectivity index (χ4v) is 8.70. The van der Waals surface area contributed by atoms with Crippen LogP contribution in [0.4, 0.5) is 16.2 Å². The Kier molecular flexibility index (Phi) is 10.2. The zero-order valence-corrected chi connectivity index (χ0v) is 30.1. The zero-order chi connectivity index (χ0) is 35.8. The van der Waals surface area contributed by atoms with Gasteiger partial charge in [-0.25, -0.2) is 9.59 Å². The fourth-order valence-electron chi connectivity index (χ4n) is 6.07. The molecule has 16 heteroatoms. The van der Waals surface area contributed by atoms with Crippen LogP contribution in [-0.2, 0) is 36.7 Å². The second kappa shape index (κ2) is 13.9. The summed E-state index contributed by atoms with van der Waals surface area (Å²) < 4.78 is 17.9. The molecule has 2 amide bonds. The van der Waals surface area contributed by atoms with Gasteiger partial charge in [-0.15, -0.1) is 11.8 Å². The van der Waals surface area contributed by atoms with Crippen molar-refractivity contribution in [3.8, 4) is 0 Å². The Bertz CT molecular complexity index is 1680. The molecule has 0 unspecified atom stereocenters. The third-order valence-electron chi connectivity index (χ3n) is 9.77. The van der Waals surface area contributed by atoms with Gasteiger partial charge in [-0.3, -0.25) is 29.9 Å². The molecule has 5 rings (SSSR count). The molecule has 2 aromatic carbocycles. The van der Waals surface area contributed by atoms with Crippen LogP contribution in [0.1, 0.15) is 45.2 Å². The van der Waals surface area contributed by atoms with Crippen molar-refractivity contribution in [2.45, 2.75) is 83.6 Å². The van der Waals surface area contributed by atoms with Crippen molar-refractivity contribution in [3.63, 3.8) is 0 Å². The van der Waals surface area contributed by atoms with E-state index in [4.69, 9.17) is 13.9 Å². The number of benzene rings is 2. The topological polar surface area (TPSA) is 172 Å². The minimum atomic E-state index is -2.23.